The number of aryl methyl sites for hydroxylation is 1. The van der Waals surface area contributed by atoms with Gasteiger partial charge in [0.2, 0.25) is 0 Å². The van der Waals surface area contributed by atoms with Gasteiger partial charge in [0.25, 0.3) is 0 Å². The van der Waals surface area contributed by atoms with Crippen molar-refractivity contribution in [3.05, 3.63) is 35.4 Å². The van der Waals surface area contributed by atoms with Gasteiger partial charge in [0.15, 0.2) is 5.82 Å². The molecule has 4 aromatic rings. The summed E-state index contributed by atoms with van der Waals surface area (Å²) in [7, 11) is 4.11. The van der Waals surface area contributed by atoms with Crippen LogP contribution >= 0.6 is 0 Å². The highest BCUT2D eigenvalue weighted by atomic mass is 19.1. The van der Waals surface area contributed by atoms with E-state index in [1.165, 1.54) is 0 Å². The van der Waals surface area contributed by atoms with Gasteiger partial charge in [0, 0.05) is 42.2 Å². The summed E-state index contributed by atoms with van der Waals surface area (Å²) in [5, 5.41) is 18.8. The number of hydrogen-bond donors (Lipinski definition) is 2. The summed E-state index contributed by atoms with van der Waals surface area (Å²) in [5.41, 5.74) is 3.96. The maximum Gasteiger partial charge on any atom is 0.319 e. The number of aliphatic hydroxyl groups is 1. The van der Waals surface area contributed by atoms with Gasteiger partial charge in [-0.25, -0.2) is 4.39 Å². The minimum atomic E-state index is -0.515. The Balaban J connectivity index is 1.48. The number of piperidine rings is 1. The van der Waals surface area contributed by atoms with Crippen LogP contribution in [-0.2, 0) is 0 Å². The first-order valence-corrected chi connectivity index (χ1v) is 13.3. The number of benzene rings is 1. The normalized spacial score (nSPS) is 19.0. The monoisotopic (exact) mass is 519 g/mol. The number of hydrogen-bond acceptors (Lipinski definition) is 8. The SMILES string of the molecule is Cc1cc2[nH]ncc2c(-c2ncc3c(N4CCCC(O)C4)nc(OCC4(CN(C)C)CC4)nc3c2F)c1C. The smallest absolute Gasteiger partial charge is 0.319 e. The average molecular weight is 520 g/mol. The van der Waals surface area contributed by atoms with Crippen LogP contribution in [0.25, 0.3) is 33.1 Å². The molecule has 0 amide bonds. The molecular formula is C28H34FN7O2. The number of aromatic nitrogens is 5. The molecule has 0 bridgehead atoms. The van der Waals surface area contributed by atoms with E-state index in [0.29, 0.717) is 36.5 Å². The second-order valence-corrected chi connectivity index (χ2v) is 11.3. The number of aliphatic hydroxyl groups excluding tert-OH is 1. The zero-order valence-corrected chi connectivity index (χ0v) is 22.4. The van der Waals surface area contributed by atoms with Crippen LogP contribution in [0.3, 0.4) is 0 Å². The van der Waals surface area contributed by atoms with Crippen molar-refractivity contribution >= 4 is 27.6 Å². The van der Waals surface area contributed by atoms with E-state index in [1.54, 1.807) is 12.4 Å². The number of halogens is 1. The van der Waals surface area contributed by atoms with E-state index in [-0.39, 0.29) is 22.6 Å². The molecule has 0 spiro atoms. The van der Waals surface area contributed by atoms with Crippen molar-refractivity contribution in [2.45, 2.75) is 45.6 Å². The third-order valence-electron chi connectivity index (χ3n) is 7.96. The number of H-pyrrole nitrogens is 1. The first kappa shape index (κ1) is 24.9. The van der Waals surface area contributed by atoms with Crippen molar-refractivity contribution in [1.29, 1.82) is 0 Å². The largest absolute Gasteiger partial charge is 0.463 e. The molecule has 1 aliphatic carbocycles. The Morgan fingerprint density at radius 3 is 2.76 bits per heavy atom. The third-order valence-corrected chi connectivity index (χ3v) is 7.96. The average Bonchev–Trinajstić information content (AvgIpc) is 3.48. The van der Waals surface area contributed by atoms with Crippen LogP contribution < -0.4 is 9.64 Å². The molecule has 2 fully saturated rings. The van der Waals surface area contributed by atoms with Crippen LogP contribution in [0.15, 0.2) is 18.5 Å². The number of ether oxygens (including phenoxy) is 1. The Labute approximate surface area is 221 Å². The molecule has 1 unspecified atom stereocenters. The van der Waals surface area contributed by atoms with E-state index < -0.39 is 11.9 Å². The number of fused-ring (bicyclic) bond motifs is 2. The van der Waals surface area contributed by atoms with Gasteiger partial charge in [-0.2, -0.15) is 15.1 Å². The first-order chi connectivity index (χ1) is 18.2. The van der Waals surface area contributed by atoms with Crippen LogP contribution in [0.2, 0.25) is 0 Å². The lowest BCUT2D eigenvalue weighted by Gasteiger charge is -2.31. The summed E-state index contributed by atoms with van der Waals surface area (Å²) in [4.78, 5) is 18.1. The van der Waals surface area contributed by atoms with Gasteiger partial charge < -0.3 is 19.6 Å². The van der Waals surface area contributed by atoms with Gasteiger partial charge in [-0.05, 0) is 70.8 Å². The van der Waals surface area contributed by atoms with Crippen LogP contribution in [0.5, 0.6) is 6.01 Å². The maximum absolute atomic E-state index is 16.4. The Kier molecular flexibility index (Phi) is 6.19. The van der Waals surface area contributed by atoms with Gasteiger partial charge in [0.1, 0.15) is 17.0 Å². The molecule has 2 aliphatic rings. The molecule has 1 atom stereocenters. The summed E-state index contributed by atoms with van der Waals surface area (Å²) < 4.78 is 22.6. The third kappa shape index (κ3) is 4.45. The molecule has 1 saturated carbocycles. The number of nitrogens with one attached hydrogen (secondary N) is 1. The molecule has 4 heterocycles. The molecule has 1 saturated heterocycles. The Morgan fingerprint density at radius 2 is 2.03 bits per heavy atom. The molecule has 2 N–H and O–H groups in total. The molecular weight excluding hydrogens is 485 g/mol. The van der Waals surface area contributed by atoms with E-state index in [9.17, 15) is 5.11 Å². The van der Waals surface area contributed by atoms with Gasteiger partial charge in [-0.3, -0.25) is 10.1 Å². The lowest BCUT2D eigenvalue weighted by molar-refractivity contribution is 0.153. The summed E-state index contributed by atoms with van der Waals surface area (Å²) in [6.07, 6.45) is 6.62. The fraction of sp³-hybridized carbons (Fsp3) is 0.500. The van der Waals surface area contributed by atoms with Gasteiger partial charge in [0.05, 0.1) is 29.8 Å². The fourth-order valence-electron chi connectivity index (χ4n) is 5.70. The van der Waals surface area contributed by atoms with Crippen molar-refractivity contribution in [2.24, 2.45) is 5.41 Å². The predicted octanol–water partition coefficient (Wildman–Crippen LogP) is 4.01. The summed E-state index contributed by atoms with van der Waals surface area (Å²) in [6.45, 7) is 6.49. The van der Waals surface area contributed by atoms with Gasteiger partial charge >= 0.3 is 6.01 Å². The topological polar surface area (TPSA) is 103 Å². The van der Waals surface area contributed by atoms with Crippen LogP contribution in [0.1, 0.15) is 36.8 Å². The van der Waals surface area contributed by atoms with E-state index in [1.807, 2.05) is 24.8 Å². The van der Waals surface area contributed by atoms with E-state index >= 15 is 4.39 Å². The van der Waals surface area contributed by atoms with Crippen molar-refractivity contribution in [1.82, 2.24) is 30.0 Å². The number of nitrogens with zero attached hydrogens (tertiary/aromatic N) is 6. The molecule has 200 valence electrons. The minimum Gasteiger partial charge on any atom is -0.463 e. The quantitative estimate of drug-likeness (QED) is 0.378. The number of β-amino-alcohol motifs (C(OH)–C–C–N with tert-alkyl or cyclic N) is 1. The fourth-order valence-corrected chi connectivity index (χ4v) is 5.70. The van der Waals surface area contributed by atoms with Crippen molar-refractivity contribution < 1.29 is 14.2 Å². The molecule has 1 aliphatic heterocycles. The van der Waals surface area contributed by atoms with Gasteiger partial charge in [-0.15, -0.1) is 0 Å². The van der Waals surface area contributed by atoms with Crippen molar-refractivity contribution in [3.8, 4) is 17.3 Å². The molecule has 0 radical (unpaired) electrons. The van der Waals surface area contributed by atoms with Crippen LogP contribution in [0.4, 0.5) is 10.2 Å². The summed E-state index contributed by atoms with van der Waals surface area (Å²) in [5.74, 6) is 0.0350. The molecule has 3 aromatic heterocycles. The number of pyridine rings is 1. The van der Waals surface area contributed by atoms with Crippen molar-refractivity contribution in [2.75, 3.05) is 45.2 Å². The Morgan fingerprint density at radius 1 is 1.21 bits per heavy atom. The molecule has 1 aromatic carbocycles. The van der Waals surface area contributed by atoms with Crippen molar-refractivity contribution in [3.63, 3.8) is 0 Å². The van der Waals surface area contributed by atoms with E-state index in [0.717, 1.165) is 54.3 Å². The highest BCUT2D eigenvalue weighted by Gasteiger charge is 2.44. The zero-order chi connectivity index (χ0) is 26.6. The Bertz CT molecular complexity index is 1510. The van der Waals surface area contributed by atoms with E-state index in [4.69, 9.17) is 9.72 Å². The number of anilines is 1. The highest BCUT2D eigenvalue weighted by Crippen LogP contribution is 2.46. The maximum atomic E-state index is 16.4. The van der Waals surface area contributed by atoms with Gasteiger partial charge in [-0.1, -0.05) is 0 Å². The number of aromatic amines is 1. The predicted molar refractivity (Wildman–Crippen MR) is 145 cm³/mol. The van der Waals surface area contributed by atoms with Crippen LogP contribution in [-0.4, -0.2) is 81.6 Å². The van der Waals surface area contributed by atoms with Crippen LogP contribution in [0, 0.1) is 25.1 Å². The molecule has 6 rings (SSSR count). The summed E-state index contributed by atoms with van der Waals surface area (Å²) >= 11 is 0. The highest BCUT2D eigenvalue weighted by molar-refractivity contribution is 5.99. The lowest BCUT2D eigenvalue weighted by atomic mass is 9.96. The summed E-state index contributed by atoms with van der Waals surface area (Å²) in [6, 6.07) is 2.16. The zero-order valence-electron chi connectivity index (χ0n) is 22.4. The second kappa shape index (κ2) is 9.43. The van der Waals surface area contributed by atoms with E-state index in [2.05, 4.69) is 39.2 Å². The lowest BCUT2D eigenvalue weighted by Crippen LogP contribution is -2.39. The molecule has 9 nitrogen and oxygen atoms in total. The molecule has 38 heavy (non-hydrogen) atoms. The standard InChI is InChI=1S/C28H34FN7O2/c1-16-10-21-19(12-31-34-21)22(17(16)2)25-23(29)24-20(11-30-25)26(36-9-5-6-18(37)13-36)33-27(32-24)38-15-28(7-8-28)14-35(3)4/h10-12,18,37H,5-9,13-15H2,1-4H3,(H,31,34). The minimum absolute atomic E-state index is 0.0802. The first-order valence-electron chi connectivity index (χ1n) is 13.3. The second-order valence-electron chi connectivity index (χ2n) is 11.3. The number of rotatable bonds is 7. The molecule has 10 heteroatoms. The Hall–Kier alpha value is -3.37.